The molecule has 15 heteroatoms. The van der Waals surface area contributed by atoms with E-state index in [2.05, 4.69) is 183 Å². The molecule has 3 aliphatic heterocycles. The van der Waals surface area contributed by atoms with Crippen LogP contribution in [-0.4, -0.2) is 114 Å². The van der Waals surface area contributed by atoms with Gasteiger partial charge < -0.3 is 48.8 Å². The molecule has 3 aliphatic rings. The number of anilines is 5. The van der Waals surface area contributed by atoms with E-state index in [4.69, 9.17) is 40.5 Å². The molecule has 0 saturated carbocycles. The Morgan fingerprint density at radius 2 is 1.14 bits per heavy atom. The van der Waals surface area contributed by atoms with Gasteiger partial charge in [0.1, 0.15) is 23.0 Å². The van der Waals surface area contributed by atoms with Crippen molar-refractivity contribution in [1.29, 1.82) is 0 Å². The lowest BCUT2D eigenvalue weighted by Crippen LogP contribution is -2.44. The average molecular weight is 1190 g/mol. The van der Waals surface area contributed by atoms with Crippen molar-refractivity contribution < 1.29 is 18.9 Å². The molecule has 5 heterocycles. The monoisotopic (exact) mass is 1190 g/mol. The van der Waals surface area contributed by atoms with Gasteiger partial charge in [0.15, 0.2) is 16.3 Å². The summed E-state index contributed by atoms with van der Waals surface area (Å²) in [6.07, 6.45) is 0. The number of thiazole rings is 2. The summed E-state index contributed by atoms with van der Waals surface area (Å²) < 4.78 is 25.4. The molecule has 85 heavy (non-hydrogen) atoms. The van der Waals surface area contributed by atoms with Gasteiger partial charge in [-0.05, 0) is 165 Å². The smallest absolute Gasteiger partial charge is 0.197 e. The molecule has 0 spiro atoms. The van der Waals surface area contributed by atoms with E-state index in [0.29, 0.717) is 11.6 Å². The Morgan fingerprint density at radius 3 is 1.73 bits per heavy atom. The van der Waals surface area contributed by atoms with E-state index in [9.17, 15) is 0 Å². The number of aromatic nitrogens is 2. The van der Waals surface area contributed by atoms with Gasteiger partial charge in [0.2, 0.25) is 0 Å². The number of hydrogen-bond acceptors (Lipinski definition) is 14. The van der Waals surface area contributed by atoms with Crippen molar-refractivity contribution in [2.75, 3.05) is 114 Å². The largest absolute Gasteiger partial charge is 0.497 e. The van der Waals surface area contributed by atoms with Gasteiger partial charge in [-0.3, -0.25) is 0 Å². The summed E-state index contributed by atoms with van der Waals surface area (Å²) >= 11 is 10.8. The van der Waals surface area contributed by atoms with Crippen LogP contribution in [0.3, 0.4) is 0 Å². The van der Waals surface area contributed by atoms with Gasteiger partial charge in [0.05, 0.1) is 44.9 Å². The number of nitrogens with zero attached hydrogens (tertiary/aromatic N) is 7. The molecule has 12 rings (SSSR count). The van der Waals surface area contributed by atoms with Gasteiger partial charge in [-0.1, -0.05) is 83.6 Å². The minimum atomic E-state index is -1.02. The van der Waals surface area contributed by atoms with E-state index < -0.39 is 11.2 Å². The van der Waals surface area contributed by atoms with Crippen LogP contribution in [0, 0.1) is 13.8 Å². The zero-order chi connectivity index (χ0) is 59.4. The molecule has 440 valence electrons. The SMILES string of the molecule is CCN(CCN(C)C)c1ccc(C2(c3ccc(OC)cc3)Oc3ccccc3-c3nc(C)sc32)cc1.CCOc1ccc(Nc2ccc(C3(c4cc(C)c(N(CC)CC)cc4Cl)Oc4ccccc4-c4nc(N5CCN(C)CC5)sc43)cc2)cc1. The number of piperazine rings is 1. The Balaban J connectivity index is 0.000000186. The number of aryl methyl sites for hydroxylation is 2. The summed E-state index contributed by atoms with van der Waals surface area (Å²) in [6, 6.07) is 54.5. The molecule has 1 fully saturated rings. The minimum absolute atomic E-state index is 0.641. The lowest BCUT2D eigenvalue weighted by molar-refractivity contribution is 0.155. The number of benzene rings is 7. The predicted molar refractivity (Wildman–Crippen MR) is 354 cm³/mol. The molecule has 2 unspecified atom stereocenters. The van der Waals surface area contributed by atoms with Crippen LogP contribution < -0.4 is 39.0 Å². The van der Waals surface area contributed by atoms with Crippen molar-refractivity contribution in [2.24, 2.45) is 0 Å². The van der Waals surface area contributed by atoms with Crippen molar-refractivity contribution in [1.82, 2.24) is 19.8 Å². The highest BCUT2D eigenvalue weighted by molar-refractivity contribution is 7.16. The molecule has 2 aromatic heterocycles. The highest BCUT2D eigenvalue weighted by atomic mass is 35.5. The fraction of sp³-hybridized carbons (Fsp3) is 0.314. The van der Waals surface area contributed by atoms with Crippen LogP contribution in [0.25, 0.3) is 22.5 Å². The van der Waals surface area contributed by atoms with Crippen molar-refractivity contribution in [3.05, 3.63) is 205 Å². The maximum absolute atomic E-state index is 7.41. The summed E-state index contributed by atoms with van der Waals surface area (Å²) in [5, 5.41) is 6.26. The van der Waals surface area contributed by atoms with Gasteiger partial charge in [-0.15, -0.1) is 11.3 Å². The highest BCUT2D eigenvalue weighted by Crippen LogP contribution is 2.57. The van der Waals surface area contributed by atoms with Crippen molar-refractivity contribution in [3.63, 3.8) is 0 Å². The first-order chi connectivity index (χ1) is 41.3. The average Bonchev–Trinajstić information content (AvgIpc) is 1.75. The van der Waals surface area contributed by atoms with E-state index >= 15 is 0 Å². The Hall–Kier alpha value is -7.59. The molecule has 2 atom stereocenters. The molecule has 7 aromatic carbocycles. The summed E-state index contributed by atoms with van der Waals surface area (Å²) in [5.74, 6) is 3.32. The first kappa shape index (κ1) is 59.2. The van der Waals surface area contributed by atoms with Gasteiger partial charge in [-0.2, -0.15) is 0 Å². The zero-order valence-corrected chi connectivity index (χ0v) is 52.9. The third-order valence-corrected chi connectivity index (χ3v) is 19.0. The van der Waals surface area contributed by atoms with Crippen LogP contribution in [0.1, 0.15) is 70.3 Å². The second kappa shape index (κ2) is 25.5. The number of rotatable bonds is 18. The standard InChI is InChI=1S/C40H44ClN5O2S.C30H33N3O2S/c1-6-45(7-2)35-26-34(41)33(25-27(35)4)40(28-13-15-29(16-14-28)42-30-17-19-31(20-18-30)47-8-3)38-37(32-11-9-10-12-36(32)48-40)43-39(49-38)46-23-21-44(5)22-24-46;1-6-33(20-19-32(3)4)24-15-11-22(12-16-24)30(23-13-17-25(34-5)18-14-23)29-28(31-21(2)36-29)26-9-7-8-10-27(26)35-30/h9-20,25-26,42H,6-8,21-24H2,1-5H3;7-18H,6,19-20H2,1-5H3. The minimum Gasteiger partial charge on any atom is -0.497 e. The van der Waals surface area contributed by atoms with Gasteiger partial charge in [-0.25, -0.2) is 9.97 Å². The molecular formula is C70H77ClN8O4S2. The highest BCUT2D eigenvalue weighted by Gasteiger charge is 2.50. The molecule has 0 bridgehead atoms. The number of methoxy groups -OCH3 is 1. The maximum Gasteiger partial charge on any atom is 0.197 e. The lowest BCUT2D eigenvalue weighted by Gasteiger charge is -2.40. The maximum atomic E-state index is 7.41. The fourth-order valence-electron chi connectivity index (χ4n) is 11.8. The predicted octanol–water partition coefficient (Wildman–Crippen LogP) is 15.4. The molecule has 0 aliphatic carbocycles. The molecule has 0 amide bonds. The summed E-state index contributed by atoms with van der Waals surface area (Å²) in [7, 11) is 8.10. The van der Waals surface area contributed by atoms with E-state index in [1.54, 1.807) is 29.8 Å². The molecule has 12 nitrogen and oxygen atoms in total. The Morgan fingerprint density at radius 1 is 0.612 bits per heavy atom. The van der Waals surface area contributed by atoms with E-state index in [1.165, 1.54) is 5.69 Å². The Bertz CT molecular complexity index is 3730. The third kappa shape index (κ3) is 11.7. The summed E-state index contributed by atoms with van der Waals surface area (Å²) in [4.78, 5) is 24.3. The molecule has 9 aromatic rings. The van der Waals surface area contributed by atoms with Gasteiger partial charge >= 0.3 is 0 Å². The van der Waals surface area contributed by atoms with Crippen LogP contribution in [0.4, 0.5) is 27.9 Å². The summed E-state index contributed by atoms with van der Waals surface area (Å²) in [6.45, 7) is 22.1. The van der Waals surface area contributed by atoms with Crippen molar-refractivity contribution >= 4 is 62.2 Å². The Labute approximate surface area is 515 Å². The van der Waals surface area contributed by atoms with E-state index in [0.717, 1.165) is 169 Å². The normalized spacial score (nSPS) is 16.8. The van der Waals surface area contributed by atoms with Gasteiger partial charge in [0, 0.05) is 115 Å². The van der Waals surface area contributed by atoms with Crippen LogP contribution in [0.15, 0.2) is 158 Å². The lowest BCUT2D eigenvalue weighted by atomic mass is 9.80. The number of halogens is 1. The second-order valence-electron chi connectivity index (χ2n) is 22.0. The van der Waals surface area contributed by atoms with Crippen LogP contribution >= 0.6 is 34.3 Å². The molecule has 1 N–H and O–H groups in total. The summed E-state index contributed by atoms with van der Waals surface area (Å²) in [5.41, 5.74) is 11.7. The third-order valence-electron chi connectivity index (χ3n) is 16.4. The van der Waals surface area contributed by atoms with E-state index in [-0.39, 0.29) is 0 Å². The zero-order valence-electron chi connectivity index (χ0n) is 50.5. The number of hydrogen-bond donors (Lipinski definition) is 1. The number of fused-ring (bicyclic) bond motifs is 6. The molecular weight excluding hydrogens is 1120 g/mol. The first-order valence-corrected chi connectivity index (χ1v) is 31.6. The van der Waals surface area contributed by atoms with Gasteiger partial charge in [0.25, 0.3) is 0 Å². The van der Waals surface area contributed by atoms with E-state index in [1.807, 2.05) is 67.6 Å². The first-order valence-electron chi connectivity index (χ1n) is 29.6. The second-order valence-corrected chi connectivity index (χ2v) is 24.6. The van der Waals surface area contributed by atoms with Crippen LogP contribution in [0.2, 0.25) is 5.02 Å². The number of likely N-dealkylation sites (N-methyl/N-ethyl adjacent to an activating group) is 3. The number of para-hydroxylation sites is 2. The Kier molecular flexibility index (Phi) is 17.8. The molecule has 0 radical (unpaired) electrons. The van der Waals surface area contributed by atoms with Crippen molar-refractivity contribution in [3.8, 4) is 45.5 Å². The number of ether oxygens (including phenoxy) is 4. The quantitative estimate of drug-likeness (QED) is 0.0887. The van der Waals surface area contributed by atoms with Crippen LogP contribution in [0.5, 0.6) is 23.0 Å². The topological polar surface area (TPSA) is 90.9 Å². The molecule has 1 saturated heterocycles. The van der Waals surface area contributed by atoms with Crippen molar-refractivity contribution in [2.45, 2.75) is 52.7 Å². The fourth-order valence-corrected chi connectivity index (χ4v) is 14.5. The number of nitrogens with one attached hydrogen (secondary N) is 1. The van der Waals surface area contributed by atoms with Crippen LogP contribution in [-0.2, 0) is 11.2 Å².